The molecule has 0 spiro atoms. The van der Waals surface area contributed by atoms with Crippen molar-refractivity contribution in [3.05, 3.63) is 11.4 Å². The van der Waals surface area contributed by atoms with Crippen molar-refractivity contribution in [3.8, 4) is 0 Å². The molecule has 19 heavy (non-hydrogen) atoms. The van der Waals surface area contributed by atoms with Gasteiger partial charge in [-0.15, -0.1) is 0 Å². The van der Waals surface area contributed by atoms with Gasteiger partial charge in [0.25, 0.3) is 5.91 Å². The molecule has 1 unspecified atom stereocenters. The number of nitrogens with zero attached hydrogens (tertiary/aromatic N) is 2. The van der Waals surface area contributed by atoms with E-state index in [4.69, 9.17) is 5.73 Å². The Morgan fingerprint density at radius 2 is 2.26 bits per heavy atom. The molecule has 0 aliphatic carbocycles. The third-order valence-electron chi connectivity index (χ3n) is 3.28. The second-order valence-corrected chi connectivity index (χ2v) is 6.99. The first-order valence-electron chi connectivity index (χ1n) is 6.16. The molecule has 2 rings (SSSR count). The number of sulfone groups is 1. The number of anilines is 1. The third-order valence-corrected chi connectivity index (χ3v) is 5.05. The average Bonchev–Trinajstić information content (AvgIpc) is 2.78. The number of hydrogen-bond acceptors (Lipinski definition) is 5. The molecule has 1 saturated heterocycles. The lowest BCUT2D eigenvalue weighted by Crippen LogP contribution is -2.36. The number of carbonyl (C=O) groups excluding carboxylic acids is 1. The fraction of sp³-hybridized carbons (Fsp3) is 0.636. The number of amides is 1. The van der Waals surface area contributed by atoms with Crippen molar-refractivity contribution in [2.75, 3.05) is 17.2 Å². The first-order valence-corrected chi connectivity index (χ1v) is 7.99. The number of rotatable bonds is 3. The Morgan fingerprint density at radius 1 is 1.58 bits per heavy atom. The van der Waals surface area contributed by atoms with Crippen LogP contribution in [0.4, 0.5) is 5.69 Å². The number of nitrogens with one attached hydrogen (secondary N) is 1. The predicted octanol–water partition coefficient (Wildman–Crippen LogP) is -0.518. The maximum atomic E-state index is 12.1. The van der Waals surface area contributed by atoms with Gasteiger partial charge in [-0.25, -0.2) is 8.42 Å². The third kappa shape index (κ3) is 2.73. The van der Waals surface area contributed by atoms with E-state index in [9.17, 15) is 13.2 Å². The molecule has 7 nitrogen and oxygen atoms in total. The Kier molecular flexibility index (Phi) is 3.53. The first kappa shape index (κ1) is 13.9. The summed E-state index contributed by atoms with van der Waals surface area (Å²) in [6.07, 6.45) is 1.09. The van der Waals surface area contributed by atoms with E-state index in [2.05, 4.69) is 10.4 Å². The Balaban J connectivity index is 2.15. The highest BCUT2D eigenvalue weighted by molar-refractivity contribution is 7.91. The molecule has 0 radical (unpaired) electrons. The Bertz CT molecular complexity index is 606. The summed E-state index contributed by atoms with van der Waals surface area (Å²) >= 11 is 0. The van der Waals surface area contributed by atoms with Gasteiger partial charge in [0.1, 0.15) is 5.69 Å². The minimum atomic E-state index is -3.01. The van der Waals surface area contributed by atoms with Gasteiger partial charge in [0, 0.05) is 13.1 Å². The standard InChI is InChI=1S/C11H18N4O3S/c1-3-8-9(12)10(15(2)14-8)11(16)13-7-4-5-19(17,18)6-7/h7H,3-6,12H2,1-2H3,(H,13,16). The van der Waals surface area contributed by atoms with Crippen molar-refractivity contribution in [3.63, 3.8) is 0 Å². The van der Waals surface area contributed by atoms with E-state index in [0.29, 0.717) is 29.9 Å². The van der Waals surface area contributed by atoms with Crippen LogP contribution in [0.15, 0.2) is 0 Å². The van der Waals surface area contributed by atoms with Gasteiger partial charge in [-0.3, -0.25) is 9.48 Å². The summed E-state index contributed by atoms with van der Waals surface area (Å²) in [5.41, 5.74) is 7.21. The molecular formula is C11H18N4O3S. The van der Waals surface area contributed by atoms with Crippen LogP contribution < -0.4 is 11.1 Å². The fourth-order valence-corrected chi connectivity index (χ4v) is 3.96. The van der Waals surface area contributed by atoms with Gasteiger partial charge in [-0.1, -0.05) is 6.92 Å². The minimum Gasteiger partial charge on any atom is -0.395 e. The van der Waals surface area contributed by atoms with Crippen LogP contribution in [0.3, 0.4) is 0 Å². The van der Waals surface area contributed by atoms with E-state index in [0.717, 1.165) is 0 Å². The monoisotopic (exact) mass is 286 g/mol. The highest BCUT2D eigenvalue weighted by Crippen LogP contribution is 2.18. The van der Waals surface area contributed by atoms with Crippen molar-refractivity contribution in [2.24, 2.45) is 7.05 Å². The Labute approximate surface area is 112 Å². The van der Waals surface area contributed by atoms with Gasteiger partial charge < -0.3 is 11.1 Å². The van der Waals surface area contributed by atoms with Gasteiger partial charge >= 0.3 is 0 Å². The summed E-state index contributed by atoms with van der Waals surface area (Å²) in [4.78, 5) is 12.1. The molecule has 0 saturated carbocycles. The summed E-state index contributed by atoms with van der Waals surface area (Å²) in [6.45, 7) is 1.91. The van der Waals surface area contributed by atoms with Crippen LogP contribution in [0.2, 0.25) is 0 Å². The van der Waals surface area contributed by atoms with Crippen LogP contribution in [-0.4, -0.2) is 41.7 Å². The van der Waals surface area contributed by atoms with Gasteiger partial charge in [-0.2, -0.15) is 5.10 Å². The van der Waals surface area contributed by atoms with Crippen molar-refractivity contribution >= 4 is 21.4 Å². The largest absolute Gasteiger partial charge is 0.395 e. The first-order chi connectivity index (χ1) is 8.84. The lowest BCUT2D eigenvalue weighted by Gasteiger charge is -2.11. The molecule has 1 aliphatic rings. The highest BCUT2D eigenvalue weighted by Gasteiger charge is 2.30. The van der Waals surface area contributed by atoms with Crippen LogP contribution in [0.1, 0.15) is 29.5 Å². The molecule has 1 aliphatic heterocycles. The predicted molar refractivity (Wildman–Crippen MR) is 71.5 cm³/mol. The number of nitrogen functional groups attached to an aromatic ring is 1. The van der Waals surface area contributed by atoms with Crippen molar-refractivity contribution < 1.29 is 13.2 Å². The van der Waals surface area contributed by atoms with Gasteiger partial charge in [0.15, 0.2) is 9.84 Å². The second kappa shape index (κ2) is 4.84. The van der Waals surface area contributed by atoms with Gasteiger partial charge in [-0.05, 0) is 12.8 Å². The molecule has 0 aromatic carbocycles. The molecule has 1 aromatic rings. The molecule has 3 N–H and O–H groups in total. The average molecular weight is 286 g/mol. The zero-order valence-electron chi connectivity index (χ0n) is 11.0. The summed E-state index contributed by atoms with van der Waals surface area (Å²) < 4.78 is 24.1. The Hall–Kier alpha value is -1.57. The summed E-state index contributed by atoms with van der Waals surface area (Å²) in [7, 11) is -1.36. The molecule has 1 atom stereocenters. The molecular weight excluding hydrogens is 268 g/mol. The number of carbonyl (C=O) groups is 1. The highest BCUT2D eigenvalue weighted by atomic mass is 32.2. The molecule has 1 aromatic heterocycles. The zero-order chi connectivity index (χ0) is 14.2. The number of nitrogens with two attached hydrogens (primary N) is 1. The molecule has 8 heteroatoms. The molecule has 106 valence electrons. The van der Waals surface area contributed by atoms with Crippen LogP contribution in [-0.2, 0) is 23.3 Å². The van der Waals surface area contributed by atoms with Gasteiger partial charge in [0.2, 0.25) is 0 Å². The molecule has 1 fully saturated rings. The quantitative estimate of drug-likeness (QED) is 0.777. The lowest BCUT2D eigenvalue weighted by atomic mass is 10.2. The topological polar surface area (TPSA) is 107 Å². The number of hydrogen-bond donors (Lipinski definition) is 2. The molecule has 0 bridgehead atoms. The summed E-state index contributed by atoms with van der Waals surface area (Å²) in [6, 6.07) is -0.336. The van der Waals surface area contributed by atoms with Crippen LogP contribution in [0, 0.1) is 0 Å². The smallest absolute Gasteiger partial charge is 0.271 e. The second-order valence-electron chi connectivity index (χ2n) is 4.76. The normalized spacial score (nSPS) is 21.5. The summed E-state index contributed by atoms with van der Waals surface area (Å²) in [5, 5.41) is 6.88. The van der Waals surface area contributed by atoms with Crippen LogP contribution in [0.5, 0.6) is 0 Å². The van der Waals surface area contributed by atoms with E-state index in [-0.39, 0.29) is 23.5 Å². The minimum absolute atomic E-state index is 0.00285. The summed E-state index contributed by atoms with van der Waals surface area (Å²) in [5.74, 6) is -0.245. The van der Waals surface area contributed by atoms with E-state index in [1.165, 1.54) is 4.68 Å². The number of aryl methyl sites for hydroxylation is 2. The van der Waals surface area contributed by atoms with Crippen molar-refractivity contribution in [2.45, 2.75) is 25.8 Å². The van der Waals surface area contributed by atoms with Crippen molar-refractivity contribution in [1.82, 2.24) is 15.1 Å². The van der Waals surface area contributed by atoms with E-state index in [1.54, 1.807) is 7.05 Å². The van der Waals surface area contributed by atoms with E-state index >= 15 is 0 Å². The Morgan fingerprint density at radius 3 is 2.74 bits per heavy atom. The van der Waals surface area contributed by atoms with Crippen LogP contribution >= 0.6 is 0 Å². The number of aromatic nitrogens is 2. The van der Waals surface area contributed by atoms with Crippen LogP contribution in [0.25, 0.3) is 0 Å². The molecule has 2 heterocycles. The fourth-order valence-electron chi connectivity index (χ4n) is 2.29. The lowest BCUT2D eigenvalue weighted by molar-refractivity contribution is 0.0932. The van der Waals surface area contributed by atoms with E-state index < -0.39 is 9.84 Å². The molecule has 1 amide bonds. The van der Waals surface area contributed by atoms with Crippen molar-refractivity contribution in [1.29, 1.82) is 0 Å². The van der Waals surface area contributed by atoms with Gasteiger partial charge in [0.05, 0.1) is 22.9 Å². The maximum Gasteiger partial charge on any atom is 0.271 e. The zero-order valence-corrected chi connectivity index (χ0v) is 11.8. The maximum absolute atomic E-state index is 12.1. The van der Waals surface area contributed by atoms with E-state index in [1.807, 2.05) is 6.92 Å². The SMILES string of the molecule is CCc1nn(C)c(C(=O)NC2CCS(=O)(=O)C2)c1N.